The van der Waals surface area contributed by atoms with Gasteiger partial charge in [0.15, 0.2) is 0 Å². The molecule has 0 spiro atoms. The molecule has 7 heteroatoms. The van der Waals surface area contributed by atoms with E-state index in [4.69, 9.17) is 4.74 Å². The number of anilines is 1. The van der Waals surface area contributed by atoms with Gasteiger partial charge in [-0.25, -0.2) is 9.18 Å². The summed E-state index contributed by atoms with van der Waals surface area (Å²) in [5.74, 6) is -1.07. The van der Waals surface area contributed by atoms with E-state index in [1.807, 2.05) is 9.47 Å². The number of pyridine rings is 1. The minimum Gasteiger partial charge on any atom is -0.462 e. The lowest BCUT2D eigenvalue weighted by Gasteiger charge is -2.35. The first kappa shape index (κ1) is 18.9. The Morgan fingerprint density at radius 1 is 1.18 bits per heavy atom. The third kappa shape index (κ3) is 3.39. The molecule has 1 aliphatic heterocycles. The number of carbonyl (C=O) groups is 1. The number of hydrogen-bond donors (Lipinski definition) is 0. The minimum atomic E-state index is -0.649. The monoisotopic (exact) mass is 387 g/mol. The summed E-state index contributed by atoms with van der Waals surface area (Å²) < 4.78 is 21.9. The number of rotatable bonds is 5. The van der Waals surface area contributed by atoms with E-state index >= 15 is 0 Å². The van der Waals surface area contributed by atoms with Gasteiger partial charge in [0.2, 0.25) is 5.43 Å². The third-order valence-corrected chi connectivity index (χ3v) is 5.70. The molecule has 28 heavy (non-hydrogen) atoms. The van der Waals surface area contributed by atoms with Crippen LogP contribution in [-0.2, 0) is 4.74 Å². The van der Waals surface area contributed by atoms with Crippen molar-refractivity contribution in [3.8, 4) is 0 Å². The summed E-state index contributed by atoms with van der Waals surface area (Å²) in [5, 5.41) is 0.242. The Bertz CT molecular complexity index is 960. The lowest BCUT2D eigenvalue weighted by atomic mass is 10.1. The molecule has 0 bridgehead atoms. The van der Waals surface area contributed by atoms with Crippen LogP contribution in [0.2, 0.25) is 0 Å². The number of ether oxygens (including phenoxy) is 1. The quantitative estimate of drug-likeness (QED) is 0.739. The van der Waals surface area contributed by atoms with E-state index in [9.17, 15) is 14.0 Å². The lowest BCUT2D eigenvalue weighted by molar-refractivity contribution is 0.0524. The standard InChI is InChI=1S/C21H26FN3O3/c1-3-23-7-9-24(10-8-23)19-12-18-15(11-17(19)22)20(26)16(21(27)28-4-2)13-25(18)14-5-6-14/h11-14H,3-10H2,1-2H3. The average molecular weight is 387 g/mol. The Balaban J connectivity index is 1.81. The first-order chi connectivity index (χ1) is 13.5. The molecule has 0 unspecified atom stereocenters. The molecule has 0 N–H and O–H groups in total. The first-order valence-corrected chi connectivity index (χ1v) is 10.1. The fraction of sp³-hybridized carbons (Fsp3) is 0.524. The molecule has 4 rings (SSSR count). The smallest absolute Gasteiger partial charge is 0.343 e. The molecular weight excluding hydrogens is 361 g/mol. The topological polar surface area (TPSA) is 54.8 Å². The Kier molecular flexibility index (Phi) is 5.10. The van der Waals surface area contributed by atoms with Gasteiger partial charge < -0.3 is 19.1 Å². The predicted molar refractivity (Wildman–Crippen MR) is 107 cm³/mol. The maximum atomic E-state index is 15.0. The second-order valence-electron chi connectivity index (χ2n) is 7.47. The Hall–Kier alpha value is -2.41. The molecule has 1 aromatic heterocycles. The molecule has 1 aromatic carbocycles. The van der Waals surface area contributed by atoms with Gasteiger partial charge >= 0.3 is 5.97 Å². The number of hydrogen-bond acceptors (Lipinski definition) is 5. The third-order valence-electron chi connectivity index (χ3n) is 5.70. The first-order valence-electron chi connectivity index (χ1n) is 10.1. The summed E-state index contributed by atoms with van der Waals surface area (Å²) in [6.07, 6.45) is 3.57. The van der Waals surface area contributed by atoms with Gasteiger partial charge in [0.25, 0.3) is 0 Å². The number of benzene rings is 1. The van der Waals surface area contributed by atoms with Crippen LogP contribution in [0, 0.1) is 5.82 Å². The molecular formula is C21H26FN3O3. The van der Waals surface area contributed by atoms with Gasteiger partial charge in [-0.15, -0.1) is 0 Å². The van der Waals surface area contributed by atoms with Gasteiger partial charge in [-0.05, 0) is 38.4 Å². The highest BCUT2D eigenvalue weighted by Crippen LogP contribution is 2.38. The summed E-state index contributed by atoms with van der Waals surface area (Å²) in [5.41, 5.74) is 0.729. The van der Waals surface area contributed by atoms with Crippen LogP contribution in [0.3, 0.4) is 0 Å². The van der Waals surface area contributed by atoms with E-state index in [-0.39, 0.29) is 23.6 Å². The number of carbonyl (C=O) groups excluding carboxylic acids is 1. The Labute approximate surface area is 163 Å². The SMILES string of the molecule is CCOC(=O)c1cn(C2CC2)c2cc(N3CCN(CC)CC3)c(F)cc2c1=O. The molecule has 2 aliphatic rings. The van der Waals surface area contributed by atoms with Crippen molar-refractivity contribution in [1.29, 1.82) is 0 Å². The van der Waals surface area contributed by atoms with Crippen molar-refractivity contribution in [2.45, 2.75) is 32.7 Å². The van der Waals surface area contributed by atoms with Crippen LogP contribution in [0.5, 0.6) is 0 Å². The normalized spacial score (nSPS) is 17.9. The molecule has 1 aliphatic carbocycles. The van der Waals surface area contributed by atoms with E-state index in [2.05, 4.69) is 11.8 Å². The maximum Gasteiger partial charge on any atom is 0.343 e. The molecule has 1 saturated carbocycles. The predicted octanol–water partition coefficient (Wildman–Crippen LogP) is 2.79. The van der Waals surface area contributed by atoms with Crippen molar-refractivity contribution in [3.63, 3.8) is 0 Å². The number of halogens is 1. The van der Waals surface area contributed by atoms with Crippen LogP contribution in [0.1, 0.15) is 43.1 Å². The molecule has 2 heterocycles. The zero-order chi connectivity index (χ0) is 19.8. The van der Waals surface area contributed by atoms with Crippen LogP contribution in [0.15, 0.2) is 23.1 Å². The fourth-order valence-corrected chi connectivity index (χ4v) is 3.92. The van der Waals surface area contributed by atoms with Gasteiger partial charge in [-0.2, -0.15) is 0 Å². The van der Waals surface area contributed by atoms with Gasteiger partial charge in [-0.1, -0.05) is 6.92 Å². The summed E-state index contributed by atoms with van der Waals surface area (Å²) in [6, 6.07) is 3.31. The van der Waals surface area contributed by atoms with Crippen LogP contribution in [0.4, 0.5) is 10.1 Å². The van der Waals surface area contributed by atoms with E-state index in [0.717, 1.165) is 45.6 Å². The summed E-state index contributed by atoms with van der Waals surface area (Å²) in [7, 11) is 0. The molecule has 2 aromatic rings. The number of likely N-dealkylation sites (N-methyl/N-ethyl adjacent to an activating group) is 1. The Morgan fingerprint density at radius 3 is 2.50 bits per heavy atom. The van der Waals surface area contributed by atoms with Gasteiger partial charge in [0.05, 0.1) is 17.8 Å². The number of nitrogens with zero attached hydrogens (tertiary/aromatic N) is 3. The van der Waals surface area contributed by atoms with Gasteiger partial charge in [-0.3, -0.25) is 4.79 Å². The minimum absolute atomic E-state index is 0.0232. The average Bonchev–Trinajstić information content (AvgIpc) is 3.54. The molecule has 2 fully saturated rings. The molecule has 0 radical (unpaired) electrons. The van der Waals surface area contributed by atoms with Gasteiger partial charge in [0.1, 0.15) is 11.4 Å². The molecule has 6 nitrogen and oxygen atoms in total. The van der Waals surface area contributed by atoms with E-state index in [1.165, 1.54) is 6.07 Å². The summed E-state index contributed by atoms with van der Waals surface area (Å²) in [6.45, 7) is 8.30. The van der Waals surface area contributed by atoms with Crippen molar-refractivity contribution < 1.29 is 13.9 Å². The molecule has 1 saturated heterocycles. The number of fused-ring (bicyclic) bond motifs is 1. The van der Waals surface area contributed by atoms with Crippen LogP contribution in [0.25, 0.3) is 10.9 Å². The lowest BCUT2D eigenvalue weighted by Crippen LogP contribution is -2.46. The van der Waals surface area contributed by atoms with E-state index in [1.54, 1.807) is 19.2 Å². The Morgan fingerprint density at radius 2 is 1.89 bits per heavy atom. The fourth-order valence-electron chi connectivity index (χ4n) is 3.92. The van der Waals surface area contributed by atoms with Crippen molar-refractivity contribution in [2.75, 3.05) is 44.2 Å². The zero-order valence-electron chi connectivity index (χ0n) is 16.4. The van der Waals surface area contributed by atoms with Crippen molar-refractivity contribution >= 4 is 22.6 Å². The number of esters is 1. The van der Waals surface area contributed by atoms with Crippen LogP contribution >= 0.6 is 0 Å². The number of aromatic nitrogens is 1. The number of piperazine rings is 1. The van der Waals surface area contributed by atoms with E-state index < -0.39 is 17.2 Å². The highest BCUT2D eigenvalue weighted by molar-refractivity contribution is 5.94. The largest absolute Gasteiger partial charge is 0.462 e. The second kappa shape index (κ2) is 7.54. The molecule has 150 valence electrons. The highest BCUT2D eigenvalue weighted by Gasteiger charge is 2.28. The summed E-state index contributed by atoms with van der Waals surface area (Å²) >= 11 is 0. The maximum absolute atomic E-state index is 15.0. The molecule has 0 atom stereocenters. The highest BCUT2D eigenvalue weighted by atomic mass is 19.1. The van der Waals surface area contributed by atoms with Crippen molar-refractivity contribution in [1.82, 2.24) is 9.47 Å². The van der Waals surface area contributed by atoms with Crippen molar-refractivity contribution in [2.24, 2.45) is 0 Å². The van der Waals surface area contributed by atoms with Crippen LogP contribution in [-0.4, -0.2) is 54.8 Å². The summed E-state index contributed by atoms with van der Waals surface area (Å²) in [4.78, 5) is 29.5. The second-order valence-corrected chi connectivity index (χ2v) is 7.47. The van der Waals surface area contributed by atoms with Crippen molar-refractivity contribution in [3.05, 3.63) is 39.9 Å². The van der Waals surface area contributed by atoms with Crippen LogP contribution < -0.4 is 10.3 Å². The molecule has 0 amide bonds. The zero-order valence-corrected chi connectivity index (χ0v) is 16.4. The van der Waals surface area contributed by atoms with E-state index in [0.29, 0.717) is 11.2 Å². The van der Waals surface area contributed by atoms with Gasteiger partial charge in [0, 0.05) is 43.8 Å².